The van der Waals surface area contributed by atoms with Crippen LogP contribution in [0.4, 0.5) is 0 Å². The van der Waals surface area contributed by atoms with Crippen molar-refractivity contribution in [3.8, 4) is 17.2 Å². The summed E-state index contributed by atoms with van der Waals surface area (Å²) >= 11 is 0. The summed E-state index contributed by atoms with van der Waals surface area (Å²) in [5.41, 5.74) is 1.68. The van der Waals surface area contributed by atoms with Gasteiger partial charge in [0.2, 0.25) is 0 Å². The number of aryl methyl sites for hydroxylation is 1. The average Bonchev–Trinajstić information content (AvgIpc) is 2.65. The largest absolute Gasteiger partial charge is 0.507 e. The molecule has 2 aromatic carbocycles. The first kappa shape index (κ1) is 10.9. The number of ketones is 1. The van der Waals surface area contributed by atoms with Gasteiger partial charge in [-0.3, -0.25) is 4.79 Å². The van der Waals surface area contributed by atoms with Gasteiger partial charge < -0.3 is 14.9 Å². The summed E-state index contributed by atoms with van der Waals surface area (Å²) < 4.78 is 5.25. The molecule has 0 radical (unpaired) electrons. The van der Waals surface area contributed by atoms with E-state index in [-0.39, 0.29) is 23.7 Å². The summed E-state index contributed by atoms with van der Waals surface area (Å²) in [6.07, 6.45) is 0.124. The van der Waals surface area contributed by atoms with Crippen LogP contribution >= 0.6 is 0 Å². The van der Waals surface area contributed by atoms with Crippen molar-refractivity contribution in [2.45, 2.75) is 13.3 Å². The first-order chi connectivity index (χ1) is 8.54. The van der Waals surface area contributed by atoms with Crippen molar-refractivity contribution in [1.29, 1.82) is 0 Å². The van der Waals surface area contributed by atoms with Crippen molar-refractivity contribution >= 4 is 16.6 Å². The van der Waals surface area contributed by atoms with E-state index in [4.69, 9.17) is 4.74 Å². The number of phenols is 2. The van der Waals surface area contributed by atoms with Gasteiger partial charge in [-0.2, -0.15) is 0 Å². The number of Topliss-reactive ketones (excluding diaryl/α,β-unsaturated/α-hetero) is 1. The Morgan fingerprint density at radius 2 is 1.89 bits per heavy atom. The van der Waals surface area contributed by atoms with E-state index in [0.717, 1.165) is 10.9 Å². The molecule has 2 N–H and O–H groups in total. The Morgan fingerprint density at radius 1 is 1.17 bits per heavy atom. The monoisotopic (exact) mass is 244 g/mol. The summed E-state index contributed by atoms with van der Waals surface area (Å²) in [5.74, 6) is 0.351. The van der Waals surface area contributed by atoms with Crippen LogP contribution in [0.2, 0.25) is 0 Å². The molecule has 0 unspecified atom stereocenters. The zero-order valence-corrected chi connectivity index (χ0v) is 10.1. The minimum absolute atomic E-state index is 0.0311. The molecule has 0 saturated heterocycles. The lowest BCUT2D eigenvalue weighted by atomic mass is 9.98. The molecule has 0 aliphatic heterocycles. The lowest BCUT2D eigenvalue weighted by molar-refractivity contribution is 0.0997. The van der Waals surface area contributed by atoms with Crippen LogP contribution in [0.15, 0.2) is 12.1 Å². The third kappa shape index (κ3) is 1.17. The zero-order valence-electron chi connectivity index (χ0n) is 10.1. The van der Waals surface area contributed by atoms with E-state index < -0.39 is 0 Å². The van der Waals surface area contributed by atoms with E-state index >= 15 is 0 Å². The van der Waals surface area contributed by atoms with Crippen LogP contribution in [0.1, 0.15) is 21.5 Å². The van der Waals surface area contributed by atoms with E-state index in [1.165, 1.54) is 13.2 Å². The molecule has 0 fully saturated rings. The third-order valence-corrected chi connectivity index (χ3v) is 3.46. The Balaban J connectivity index is 2.61. The molecule has 92 valence electrons. The van der Waals surface area contributed by atoms with Crippen molar-refractivity contribution in [2.24, 2.45) is 0 Å². The molecule has 3 rings (SSSR count). The van der Waals surface area contributed by atoms with Gasteiger partial charge in [0.25, 0.3) is 0 Å². The molecular formula is C14H12O4. The van der Waals surface area contributed by atoms with Crippen molar-refractivity contribution in [2.75, 3.05) is 7.11 Å². The van der Waals surface area contributed by atoms with Crippen LogP contribution in [0.3, 0.4) is 0 Å². The van der Waals surface area contributed by atoms with Crippen LogP contribution in [-0.2, 0) is 6.42 Å². The maximum absolute atomic E-state index is 11.9. The van der Waals surface area contributed by atoms with E-state index in [2.05, 4.69) is 0 Å². The highest BCUT2D eigenvalue weighted by Crippen LogP contribution is 2.45. The second-order valence-corrected chi connectivity index (χ2v) is 4.51. The Bertz CT molecular complexity index is 701. The predicted octanol–water partition coefficient (Wildman–Crippen LogP) is 2.31. The lowest BCUT2D eigenvalue weighted by Crippen LogP contribution is -1.95. The fourth-order valence-electron chi connectivity index (χ4n) is 2.70. The standard InChI is InChI=1S/C14H12O4/c1-6-3-9(16)14-10(17)4-7-8(15)5-11(18-2)12(6)13(7)14/h3,5,15-16H,4H2,1-2H3. The van der Waals surface area contributed by atoms with Gasteiger partial charge in [0.1, 0.15) is 17.2 Å². The van der Waals surface area contributed by atoms with Crippen molar-refractivity contribution in [3.63, 3.8) is 0 Å². The average molecular weight is 244 g/mol. The number of benzene rings is 2. The maximum atomic E-state index is 11.9. The number of phenolic OH excluding ortho intramolecular Hbond substituents is 2. The smallest absolute Gasteiger partial charge is 0.171 e. The summed E-state index contributed by atoms with van der Waals surface area (Å²) in [6, 6.07) is 3.08. The second-order valence-electron chi connectivity index (χ2n) is 4.51. The van der Waals surface area contributed by atoms with Crippen molar-refractivity contribution < 1.29 is 19.7 Å². The number of rotatable bonds is 1. The highest BCUT2D eigenvalue weighted by Gasteiger charge is 2.30. The predicted molar refractivity (Wildman–Crippen MR) is 66.6 cm³/mol. The summed E-state index contributed by atoms with van der Waals surface area (Å²) in [7, 11) is 1.51. The highest BCUT2D eigenvalue weighted by molar-refractivity contribution is 6.20. The summed E-state index contributed by atoms with van der Waals surface area (Å²) in [5, 5.41) is 21.2. The fourth-order valence-corrected chi connectivity index (χ4v) is 2.70. The van der Waals surface area contributed by atoms with Crippen LogP contribution in [0.25, 0.3) is 10.8 Å². The lowest BCUT2D eigenvalue weighted by Gasteiger charge is -2.12. The normalized spacial score (nSPS) is 13.3. The maximum Gasteiger partial charge on any atom is 0.171 e. The van der Waals surface area contributed by atoms with Gasteiger partial charge in [0.15, 0.2) is 5.78 Å². The zero-order chi connectivity index (χ0) is 13.0. The molecule has 0 amide bonds. The van der Waals surface area contributed by atoms with E-state index in [9.17, 15) is 15.0 Å². The van der Waals surface area contributed by atoms with E-state index in [0.29, 0.717) is 22.3 Å². The molecule has 0 saturated carbocycles. The molecule has 18 heavy (non-hydrogen) atoms. The molecule has 0 heterocycles. The molecule has 4 nitrogen and oxygen atoms in total. The molecule has 0 bridgehead atoms. The summed E-state index contributed by atoms with van der Waals surface area (Å²) in [4.78, 5) is 11.9. The van der Waals surface area contributed by atoms with Gasteiger partial charge in [-0.25, -0.2) is 0 Å². The minimum Gasteiger partial charge on any atom is -0.507 e. The van der Waals surface area contributed by atoms with Crippen molar-refractivity contribution in [3.05, 3.63) is 28.8 Å². The first-order valence-corrected chi connectivity index (χ1v) is 5.63. The number of hydrogen-bond donors (Lipinski definition) is 2. The topological polar surface area (TPSA) is 66.8 Å². The van der Waals surface area contributed by atoms with Crippen LogP contribution in [0, 0.1) is 6.92 Å². The second kappa shape index (κ2) is 3.38. The molecular weight excluding hydrogens is 232 g/mol. The van der Waals surface area contributed by atoms with E-state index in [1.807, 2.05) is 6.92 Å². The quantitative estimate of drug-likeness (QED) is 0.807. The number of aromatic hydroxyl groups is 2. The Labute approximate surface area is 103 Å². The minimum atomic E-state index is -0.170. The first-order valence-electron chi connectivity index (χ1n) is 5.63. The Morgan fingerprint density at radius 3 is 2.56 bits per heavy atom. The number of carbonyl (C=O) groups excluding carboxylic acids is 1. The van der Waals surface area contributed by atoms with Crippen LogP contribution < -0.4 is 4.74 Å². The third-order valence-electron chi connectivity index (χ3n) is 3.46. The van der Waals surface area contributed by atoms with Gasteiger partial charge in [-0.15, -0.1) is 0 Å². The van der Waals surface area contributed by atoms with E-state index in [1.54, 1.807) is 6.07 Å². The molecule has 2 aromatic rings. The van der Waals surface area contributed by atoms with Gasteiger partial charge >= 0.3 is 0 Å². The number of methoxy groups -OCH3 is 1. The number of carbonyl (C=O) groups is 1. The van der Waals surface area contributed by atoms with Crippen molar-refractivity contribution in [1.82, 2.24) is 0 Å². The van der Waals surface area contributed by atoms with Crippen LogP contribution in [-0.4, -0.2) is 23.1 Å². The molecule has 1 aliphatic carbocycles. The van der Waals surface area contributed by atoms with Gasteiger partial charge in [0.05, 0.1) is 12.7 Å². The van der Waals surface area contributed by atoms with Crippen LogP contribution in [0.5, 0.6) is 17.2 Å². The van der Waals surface area contributed by atoms with Gasteiger partial charge in [-0.05, 0) is 18.6 Å². The highest BCUT2D eigenvalue weighted by atomic mass is 16.5. The SMILES string of the molecule is COc1cc(O)c2c3c(c(O)cc(C)c13)C(=O)C2. The molecule has 0 spiro atoms. The number of hydrogen-bond acceptors (Lipinski definition) is 4. The molecule has 4 heteroatoms. The Kier molecular flexibility index (Phi) is 2.05. The number of ether oxygens (including phenoxy) is 1. The molecule has 1 aliphatic rings. The molecule has 0 atom stereocenters. The van der Waals surface area contributed by atoms with Gasteiger partial charge in [-0.1, -0.05) is 0 Å². The Hall–Kier alpha value is -2.23. The van der Waals surface area contributed by atoms with Gasteiger partial charge in [0, 0.05) is 28.8 Å². The fraction of sp³-hybridized carbons (Fsp3) is 0.214. The summed E-state index contributed by atoms with van der Waals surface area (Å²) in [6.45, 7) is 1.84. The molecule has 0 aromatic heterocycles.